The Labute approximate surface area is 107 Å². The van der Waals surface area contributed by atoms with Crippen LogP contribution in [-0.4, -0.2) is 29.7 Å². The minimum absolute atomic E-state index is 0.150. The number of hydrogen-bond acceptors (Lipinski definition) is 3. The molecule has 1 saturated heterocycles. The topological polar surface area (TPSA) is 61.4 Å². The summed E-state index contributed by atoms with van der Waals surface area (Å²) in [7, 11) is 0. The zero-order valence-corrected chi connectivity index (χ0v) is 10.7. The van der Waals surface area contributed by atoms with E-state index in [0.29, 0.717) is 13.1 Å². The number of aryl methyl sites for hydroxylation is 1. The maximum atomic E-state index is 10.9. The molecule has 0 spiro atoms. The standard InChI is InChI=1S/C14H20N2O2/c1-2-3-11-4-6-12(7-5-11)16-14(8-13(17)18)9-15-10-14/h4-7,15-16H,2-3,8-10H2,1H3,(H,17,18). The normalized spacial score (nSPS) is 16.9. The van der Waals surface area contributed by atoms with E-state index in [-0.39, 0.29) is 12.0 Å². The van der Waals surface area contributed by atoms with Crippen molar-refractivity contribution >= 4 is 11.7 Å². The molecule has 0 aromatic heterocycles. The smallest absolute Gasteiger partial charge is 0.305 e. The molecule has 98 valence electrons. The van der Waals surface area contributed by atoms with Crippen LogP contribution in [0.2, 0.25) is 0 Å². The van der Waals surface area contributed by atoms with Crippen molar-refractivity contribution < 1.29 is 9.90 Å². The molecule has 0 radical (unpaired) electrons. The summed E-state index contributed by atoms with van der Waals surface area (Å²) in [4.78, 5) is 10.9. The van der Waals surface area contributed by atoms with Gasteiger partial charge >= 0.3 is 5.97 Å². The Bertz CT molecular complexity index is 410. The summed E-state index contributed by atoms with van der Waals surface area (Å²) in [6.45, 7) is 3.57. The summed E-state index contributed by atoms with van der Waals surface area (Å²) in [5, 5.41) is 15.4. The van der Waals surface area contributed by atoms with Gasteiger partial charge in [-0.25, -0.2) is 0 Å². The van der Waals surface area contributed by atoms with Crippen molar-refractivity contribution in [1.29, 1.82) is 0 Å². The van der Waals surface area contributed by atoms with Gasteiger partial charge in [-0.2, -0.15) is 0 Å². The molecule has 2 rings (SSSR count). The summed E-state index contributed by atoms with van der Waals surface area (Å²) < 4.78 is 0. The molecule has 4 nitrogen and oxygen atoms in total. The quantitative estimate of drug-likeness (QED) is 0.719. The molecule has 1 fully saturated rings. The lowest BCUT2D eigenvalue weighted by Gasteiger charge is -2.43. The van der Waals surface area contributed by atoms with Crippen LogP contribution in [0.1, 0.15) is 25.3 Å². The molecule has 3 N–H and O–H groups in total. The highest BCUT2D eigenvalue weighted by Gasteiger charge is 2.38. The van der Waals surface area contributed by atoms with Crippen LogP contribution in [-0.2, 0) is 11.2 Å². The summed E-state index contributed by atoms with van der Waals surface area (Å²) >= 11 is 0. The van der Waals surface area contributed by atoms with E-state index in [1.165, 1.54) is 5.56 Å². The van der Waals surface area contributed by atoms with Gasteiger partial charge < -0.3 is 15.7 Å². The van der Waals surface area contributed by atoms with E-state index in [4.69, 9.17) is 5.11 Å². The number of carbonyl (C=O) groups is 1. The third-order valence-electron chi connectivity index (χ3n) is 3.32. The summed E-state index contributed by atoms with van der Waals surface area (Å²) in [6, 6.07) is 8.28. The monoisotopic (exact) mass is 248 g/mol. The molecular formula is C14H20N2O2. The number of carboxylic acids is 1. The van der Waals surface area contributed by atoms with E-state index in [1.807, 2.05) is 12.1 Å². The van der Waals surface area contributed by atoms with Crippen molar-refractivity contribution in [2.75, 3.05) is 18.4 Å². The van der Waals surface area contributed by atoms with Crippen LogP contribution < -0.4 is 10.6 Å². The van der Waals surface area contributed by atoms with Crippen LogP contribution in [0.5, 0.6) is 0 Å². The van der Waals surface area contributed by atoms with Crippen LogP contribution in [0.25, 0.3) is 0 Å². The first-order valence-corrected chi connectivity index (χ1v) is 6.43. The molecule has 1 aromatic carbocycles. The number of carboxylic acid groups (broad SMARTS) is 1. The second-order valence-electron chi connectivity index (χ2n) is 5.03. The van der Waals surface area contributed by atoms with Gasteiger partial charge in [0.1, 0.15) is 0 Å². The van der Waals surface area contributed by atoms with Crippen molar-refractivity contribution in [2.24, 2.45) is 0 Å². The second kappa shape index (κ2) is 5.40. The molecule has 0 amide bonds. The van der Waals surface area contributed by atoms with E-state index in [1.54, 1.807) is 0 Å². The molecule has 0 aliphatic carbocycles. The molecule has 1 aromatic rings. The molecule has 1 heterocycles. The third kappa shape index (κ3) is 3.01. The highest BCUT2D eigenvalue weighted by Crippen LogP contribution is 2.23. The SMILES string of the molecule is CCCc1ccc(NC2(CC(=O)O)CNC2)cc1. The number of nitrogens with one attached hydrogen (secondary N) is 2. The van der Waals surface area contributed by atoms with Crippen molar-refractivity contribution in [3.63, 3.8) is 0 Å². The first kappa shape index (κ1) is 12.9. The number of aliphatic carboxylic acids is 1. The predicted molar refractivity (Wildman–Crippen MR) is 71.9 cm³/mol. The van der Waals surface area contributed by atoms with Crippen LogP contribution in [0.4, 0.5) is 5.69 Å². The van der Waals surface area contributed by atoms with Crippen molar-refractivity contribution in [3.05, 3.63) is 29.8 Å². The van der Waals surface area contributed by atoms with Gasteiger partial charge in [-0.3, -0.25) is 4.79 Å². The Morgan fingerprint density at radius 3 is 2.50 bits per heavy atom. The fourth-order valence-corrected chi connectivity index (χ4v) is 2.32. The van der Waals surface area contributed by atoms with Crippen LogP contribution in [0, 0.1) is 0 Å². The van der Waals surface area contributed by atoms with Gasteiger partial charge in [0, 0.05) is 18.8 Å². The van der Waals surface area contributed by atoms with E-state index >= 15 is 0 Å². The lowest BCUT2D eigenvalue weighted by molar-refractivity contribution is -0.138. The summed E-state index contributed by atoms with van der Waals surface area (Å²) in [5.41, 5.74) is 2.00. The van der Waals surface area contributed by atoms with Crippen LogP contribution in [0.3, 0.4) is 0 Å². The summed E-state index contributed by atoms with van der Waals surface area (Å²) in [5.74, 6) is -0.758. The van der Waals surface area contributed by atoms with E-state index in [0.717, 1.165) is 18.5 Å². The maximum absolute atomic E-state index is 10.9. The van der Waals surface area contributed by atoms with Crippen LogP contribution in [0.15, 0.2) is 24.3 Å². The fraction of sp³-hybridized carbons (Fsp3) is 0.500. The molecule has 18 heavy (non-hydrogen) atoms. The average Bonchev–Trinajstić information content (AvgIpc) is 2.28. The van der Waals surface area contributed by atoms with E-state index < -0.39 is 5.97 Å². The molecule has 1 aliphatic heterocycles. The van der Waals surface area contributed by atoms with Gasteiger partial charge in [0.2, 0.25) is 0 Å². The maximum Gasteiger partial charge on any atom is 0.305 e. The Morgan fingerprint density at radius 1 is 1.39 bits per heavy atom. The number of rotatable bonds is 6. The molecule has 0 saturated carbocycles. The average molecular weight is 248 g/mol. The zero-order valence-electron chi connectivity index (χ0n) is 10.7. The summed E-state index contributed by atoms with van der Waals surface area (Å²) in [6.07, 6.45) is 2.37. The minimum Gasteiger partial charge on any atom is -0.481 e. The fourth-order valence-electron chi connectivity index (χ4n) is 2.32. The number of benzene rings is 1. The molecule has 4 heteroatoms. The highest BCUT2D eigenvalue weighted by atomic mass is 16.4. The largest absolute Gasteiger partial charge is 0.481 e. The van der Waals surface area contributed by atoms with Gasteiger partial charge in [-0.1, -0.05) is 25.5 Å². The molecule has 1 aliphatic rings. The number of hydrogen-bond donors (Lipinski definition) is 3. The lowest BCUT2D eigenvalue weighted by Crippen LogP contribution is -2.65. The van der Waals surface area contributed by atoms with Crippen molar-refractivity contribution in [1.82, 2.24) is 5.32 Å². The third-order valence-corrected chi connectivity index (χ3v) is 3.32. The molecule has 0 unspecified atom stereocenters. The van der Waals surface area contributed by atoms with Crippen molar-refractivity contribution in [2.45, 2.75) is 31.7 Å². The first-order valence-electron chi connectivity index (χ1n) is 6.43. The van der Waals surface area contributed by atoms with E-state index in [9.17, 15) is 4.79 Å². The molecular weight excluding hydrogens is 228 g/mol. The number of anilines is 1. The second-order valence-corrected chi connectivity index (χ2v) is 5.03. The molecule has 0 atom stereocenters. The Morgan fingerprint density at radius 2 is 2.06 bits per heavy atom. The van der Waals surface area contributed by atoms with E-state index in [2.05, 4.69) is 29.7 Å². The Kier molecular flexibility index (Phi) is 3.87. The van der Waals surface area contributed by atoms with Gasteiger partial charge in [-0.15, -0.1) is 0 Å². The zero-order chi connectivity index (χ0) is 13.0. The first-order chi connectivity index (χ1) is 8.63. The molecule has 0 bridgehead atoms. The van der Waals surface area contributed by atoms with Gasteiger partial charge in [0.15, 0.2) is 0 Å². The van der Waals surface area contributed by atoms with Crippen LogP contribution >= 0.6 is 0 Å². The highest BCUT2D eigenvalue weighted by molar-refractivity contribution is 5.70. The minimum atomic E-state index is -0.758. The Balaban J connectivity index is 2.01. The van der Waals surface area contributed by atoms with Crippen molar-refractivity contribution in [3.8, 4) is 0 Å². The van der Waals surface area contributed by atoms with Gasteiger partial charge in [0.25, 0.3) is 0 Å². The Hall–Kier alpha value is -1.55. The van der Waals surface area contributed by atoms with Gasteiger partial charge in [-0.05, 0) is 24.1 Å². The van der Waals surface area contributed by atoms with Gasteiger partial charge in [0.05, 0.1) is 12.0 Å². The predicted octanol–water partition coefficient (Wildman–Crippen LogP) is 1.87. The lowest BCUT2D eigenvalue weighted by atomic mass is 9.88.